The van der Waals surface area contributed by atoms with Crippen molar-refractivity contribution in [1.82, 2.24) is 9.88 Å². The molecule has 1 aromatic heterocycles. The number of thiazole rings is 1. The molecular weight excluding hydrogens is 390 g/mol. The number of nitrogens with zero attached hydrogens (tertiary/aromatic N) is 3. The molecule has 1 unspecified atom stereocenters. The molecule has 4 rings (SSSR count). The Morgan fingerprint density at radius 1 is 1.17 bits per heavy atom. The normalized spacial score (nSPS) is 16.7. The second kappa shape index (κ2) is 9.54. The molecule has 0 N–H and O–H groups in total. The van der Waals surface area contributed by atoms with E-state index >= 15 is 0 Å². The van der Waals surface area contributed by atoms with Crippen molar-refractivity contribution in [3.63, 3.8) is 0 Å². The van der Waals surface area contributed by atoms with Gasteiger partial charge in [0.1, 0.15) is 0 Å². The van der Waals surface area contributed by atoms with Crippen LogP contribution < -0.4 is 4.90 Å². The molecular formula is C25H29N3OS. The van der Waals surface area contributed by atoms with Gasteiger partial charge in [0.05, 0.1) is 11.4 Å². The summed E-state index contributed by atoms with van der Waals surface area (Å²) < 4.78 is 0. The lowest BCUT2D eigenvalue weighted by molar-refractivity contribution is -0.115. The van der Waals surface area contributed by atoms with Crippen LogP contribution in [-0.4, -0.2) is 28.4 Å². The van der Waals surface area contributed by atoms with Gasteiger partial charge in [-0.15, -0.1) is 11.3 Å². The number of carbonyl (C=O) groups is 1. The molecule has 30 heavy (non-hydrogen) atoms. The van der Waals surface area contributed by atoms with E-state index in [2.05, 4.69) is 53.6 Å². The minimum atomic E-state index is -0.0000679. The fourth-order valence-electron chi connectivity index (χ4n) is 4.34. The number of para-hydroxylation sites is 1. The zero-order valence-corrected chi connectivity index (χ0v) is 18.6. The quantitative estimate of drug-likeness (QED) is 0.500. The molecule has 1 aliphatic rings. The number of rotatable bonds is 7. The average Bonchev–Trinajstić information content (AvgIpc) is 3.39. The van der Waals surface area contributed by atoms with Gasteiger partial charge in [-0.05, 0) is 49.4 Å². The molecule has 1 aliphatic heterocycles. The summed E-state index contributed by atoms with van der Waals surface area (Å²) in [6, 6.07) is 19.4. The van der Waals surface area contributed by atoms with Gasteiger partial charge in [-0.1, -0.05) is 55.5 Å². The molecule has 3 aromatic rings. The van der Waals surface area contributed by atoms with Crippen LogP contribution in [-0.2, 0) is 24.2 Å². The number of carbonyl (C=O) groups excluding carboxylic acids is 1. The van der Waals surface area contributed by atoms with Gasteiger partial charge < -0.3 is 0 Å². The van der Waals surface area contributed by atoms with Crippen LogP contribution in [0.3, 0.4) is 0 Å². The number of hydrogen-bond acceptors (Lipinski definition) is 4. The van der Waals surface area contributed by atoms with Gasteiger partial charge in [0.2, 0.25) is 5.91 Å². The standard InChI is InChI=1S/C25H29N3OS/c1-3-21-12-7-8-14-24(21)28(19(2)29)25-26-22(18-30-25)17-27-15-9-13-23(27)16-20-10-5-4-6-11-20/h4-8,10-12,14,18,23H,3,9,13,15-17H2,1-2H3. The minimum absolute atomic E-state index is 0.0000679. The highest BCUT2D eigenvalue weighted by Gasteiger charge is 2.26. The third-order valence-corrected chi connectivity index (χ3v) is 6.71. The Labute approximate surface area is 183 Å². The third-order valence-electron chi connectivity index (χ3n) is 5.84. The van der Waals surface area contributed by atoms with Crippen molar-refractivity contribution in [2.45, 2.75) is 52.1 Å². The molecule has 0 bridgehead atoms. The maximum absolute atomic E-state index is 12.5. The highest BCUT2D eigenvalue weighted by atomic mass is 32.1. The van der Waals surface area contributed by atoms with E-state index in [4.69, 9.17) is 4.98 Å². The lowest BCUT2D eigenvalue weighted by Crippen LogP contribution is -2.30. The predicted molar refractivity (Wildman–Crippen MR) is 124 cm³/mol. The summed E-state index contributed by atoms with van der Waals surface area (Å²) in [5.41, 5.74) is 4.55. The predicted octanol–water partition coefficient (Wildman–Crippen LogP) is 5.60. The Morgan fingerprint density at radius 2 is 1.93 bits per heavy atom. The Hall–Kier alpha value is -2.50. The number of anilines is 2. The topological polar surface area (TPSA) is 36.4 Å². The van der Waals surface area contributed by atoms with Crippen molar-refractivity contribution in [2.24, 2.45) is 0 Å². The Bertz CT molecular complexity index is 985. The summed E-state index contributed by atoms with van der Waals surface area (Å²) in [6.45, 7) is 5.68. The molecule has 0 aliphatic carbocycles. The molecule has 4 nitrogen and oxygen atoms in total. The van der Waals surface area contributed by atoms with E-state index in [1.807, 2.05) is 18.2 Å². The van der Waals surface area contributed by atoms with E-state index in [0.29, 0.717) is 6.04 Å². The molecule has 2 heterocycles. The van der Waals surface area contributed by atoms with Crippen molar-refractivity contribution in [3.05, 3.63) is 76.8 Å². The second-order valence-electron chi connectivity index (χ2n) is 7.91. The molecule has 0 radical (unpaired) electrons. The number of aryl methyl sites for hydroxylation is 1. The average molecular weight is 420 g/mol. The number of likely N-dealkylation sites (tertiary alicyclic amines) is 1. The Morgan fingerprint density at radius 3 is 2.70 bits per heavy atom. The third kappa shape index (κ3) is 4.63. The Kier molecular flexibility index (Phi) is 6.60. The molecule has 0 saturated carbocycles. The fourth-order valence-corrected chi connectivity index (χ4v) is 5.21. The molecule has 5 heteroatoms. The van der Waals surface area contributed by atoms with Crippen LogP contribution in [0, 0.1) is 0 Å². The lowest BCUT2D eigenvalue weighted by atomic mass is 10.0. The lowest BCUT2D eigenvalue weighted by Gasteiger charge is -2.24. The van der Waals surface area contributed by atoms with Crippen molar-refractivity contribution < 1.29 is 4.79 Å². The molecule has 1 fully saturated rings. The van der Waals surface area contributed by atoms with Gasteiger partial charge in [0, 0.05) is 24.9 Å². The molecule has 156 valence electrons. The van der Waals surface area contributed by atoms with E-state index in [1.54, 1.807) is 23.2 Å². The molecule has 2 aromatic carbocycles. The van der Waals surface area contributed by atoms with Crippen LogP contribution in [0.1, 0.15) is 43.5 Å². The number of aromatic nitrogens is 1. The molecule has 0 spiro atoms. The van der Waals surface area contributed by atoms with Crippen molar-refractivity contribution in [3.8, 4) is 0 Å². The number of benzene rings is 2. The van der Waals surface area contributed by atoms with Crippen LogP contribution in [0.25, 0.3) is 0 Å². The van der Waals surface area contributed by atoms with Crippen molar-refractivity contribution in [2.75, 3.05) is 11.4 Å². The monoisotopic (exact) mass is 419 g/mol. The van der Waals surface area contributed by atoms with E-state index in [0.717, 1.165) is 48.0 Å². The fraction of sp³-hybridized carbons (Fsp3) is 0.360. The van der Waals surface area contributed by atoms with Gasteiger partial charge >= 0.3 is 0 Å². The van der Waals surface area contributed by atoms with Crippen LogP contribution in [0.5, 0.6) is 0 Å². The first-order chi connectivity index (χ1) is 14.7. The van der Waals surface area contributed by atoms with Crippen LogP contribution in [0.4, 0.5) is 10.8 Å². The van der Waals surface area contributed by atoms with Gasteiger partial charge in [-0.3, -0.25) is 14.6 Å². The van der Waals surface area contributed by atoms with Crippen LogP contribution >= 0.6 is 11.3 Å². The number of amides is 1. The molecule has 1 saturated heterocycles. The summed E-state index contributed by atoms with van der Waals surface area (Å²) >= 11 is 1.56. The van der Waals surface area contributed by atoms with Gasteiger partial charge in [0.15, 0.2) is 5.13 Å². The molecule has 1 amide bonds. The molecule has 1 atom stereocenters. The summed E-state index contributed by atoms with van der Waals surface area (Å²) in [7, 11) is 0. The van der Waals surface area contributed by atoms with Gasteiger partial charge in [-0.2, -0.15) is 0 Å². The maximum Gasteiger partial charge on any atom is 0.230 e. The largest absolute Gasteiger partial charge is 0.294 e. The van der Waals surface area contributed by atoms with Gasteiger partial charge in [0.25, 0.3) is 0 Å². The van der Waals surface area contributed by atoms with E-state index in [9.17, 15) is 4.79 Å². The summed E-state index contributed by atoms with van der Waals surface area (Å²) in [5, 5.41) is 2.87. The first-order valence-electron chi connectivity index (χ1n) is 10.8. The minimum Gasteiger partial charge on any atom is -0.294 e. The van der Waals surface area contributed by atoms with Crippen molar-refractivity contribution >= 4 is 28.1 Å². The summed E-state index contributed by atoms with van der Waals surface area (Å²) in [5.74, 6) is -0.0000679. The van der Waals surface area contributed by atoms with E-state index in [1.165, 1.54) is 18.4 Å². The second-order valence-corrected chi connectivity index (χ2v) is 8.75. The van der Waals surface area contributed by atoms with Crippen LogP contribution in [0.15, 0.2) is 60.0 Å². The van der Waals surface area contributed by atoms with E-state index in [-0.39, 0.29) is 5.91 Å². The summed E-state index contributed by atoms with van der Waals surface area (Å²) in [4.78, 5) is 21.7. The number of hydrogen-bond donors (Lipinski definition) is 0. The first kappa shape index (κ1) is 20.8. The van der Waals surface area contributed by atoms with Gasteiger partial charge in [-0.25, -0.2) is 4.98 Å². The first-order valence-corrected chi connectivity index (χ1v) is 11.6. The summed E-state index contributed by atoms with van der Waals surface area (Å²) in [6.07, 6.45) is 4.43. The smallest absolute Gasteiger partial charge is 0.230 e. The SMILES string of the molecule is CCc1ccccc1N(C(C)=O)c1nc(CN2CCCC2Cc2ccccc2)cs1. The highest BCUT2D eigenvalue weighted by Crippen LogP contribution is 2.32. The maximum atomic E-state index is 12.5. The van der Waals surface area contributed by atoms with Crippen LogP contribution in [0.2, 0.25) is 0 Å². The van der Waals surface area contributed by atoms with Crippen molar-refractivity contribution in [1.29, 1.82) is 0 Å². The zero-order chi connectivity index (χ0) is 20.9. The highest BCUT2D eigenvalue weighted by molar-refractivity contribution is 7.14. The Balaban J connectivity index is 1.51. The van der Waals surface area contributed by atoms with E-state index < -0.39 is 0 Å². The zero-order valence-electron chi connectivity index (χ0n) is 17.8.